The zero-order valence-electron chi connectivity index (χ0n) is 36.2. The summed E-state index contributed by atoms with van der Waals surface area (Å²) in [4.78, 5) is 4.71. The van der Waals surface area contributed by atoms with E-state index in [1.807, 2.05) is 24.3 Å². The van der Waals surface area contributed by atoms with Crippen LogP contribution in [0.4, 0.5) is 34.1 Å². The lowest BCUT2D eigenvalue weighted by molar-refractivity contribution is 0.668. The molecule has 4 nitrogen and oxygen atoms in total. The fraction of sp³-hybridized carbons (Fsp3) is 0.0492. The van der Waals surface area contributed by atoms with Crippen molar-refractivity contribution in [3.63, 3.8) is 0 Å². The molecule has 2 heterocycles. The van der Waals surface area contributed by atoms with E-state index in [2.05, 4.69) is 224 Å². The van der Waals surface area contributed by atoms with Crippen molar-refractivity contribution in [3.05, 3.63) is 241 Å². The van der Waals surface area contributed by atoms with E-state index in [0.29, 0.717) is 0 Å². The van der Waals surface area contributed by atoms with Crippen molar-refractivity contribution in [3.8, 4) is 11.1 Å². The van der Waals surface area contributed by atoms with E-state index in [1.165, 1.54) is 38.6 Å². The highest BCUT2D eigenvalue weighted by atomic mass is 16.3. The molecule has 0 N–H and O–H groups in total. The molecule has 65 heavy (non-hydrogen) atoms. The Bertz CT molecular complexity index is 3700. The standard InChI is InChI=1S/C61H44N2O2/c1-40-34-44-35-47(62(45-18-8-4-9-19-45)49-29-32-60-56(38-49)52-22-12-14-24-58(52)64-60)27-26-43(44)36-54(40)51-31-28-48(37-55(51)41(2)42-16-6-3-7-17-42)63(46-20-10-5-11-21-46)50-30-33-61-57(39-50)53-23-13-15-25-59(53)65-61/h3-39,41H,1-2H3. The number of para-hydroxylation sites is 4. The third kappa shape index (κ3) is 6.79. The molecule has 310 valence electrons. The number of anilines is 6. The minimum atomic E-state index is 0.116. The minimum Gasteiger partial charge on any atom is -0.456 e. The summed E-state index contributed by atoms with van der Waals surface area (Å²) in [5.74, 6) is 0.116. The van der Waals surface area contributed by atoms with Crippen molar-refractivity contribution in [1.82, 2.24) is 0 Å². The molecule has 0 bridgehead atoms. The number of rotatable bonds is 9. The third-order valence-electron chi connectivity index (χ3n) is 13.0. The Balaban J connectivity index is 0.987. The van der Waals surface area contributed by atoms with E-state index in [0.717, 1.165) is 78.0 Å². The summed E-state index contributed by atoms with van der Waals surface area (Å²) < 4.78 is 12.5. The van der Waals surface area contributed by atoms with Crippen LogP contribution in [-0.4, -0.2) is 0 Å². The first kappa shape index (κ1) is 38.3. The Morgan fingerprint density at radius 2 is 0.800 bits per heavy atom. The van der Waals surface area contributed by atoms with Crippen molar-refractivity contribution in [2.24, 2.45) is 0 Å². The quantitative estimate of drug-likeness (QED) is 0.145. The van der Waals surface area contributed by atoms with Crippen LogP contribution >= 0.6 is 0 Å². The summed E-state index contributed by atoms with van der Waals surface area (Å²) in [6.07, 6.45) is 0. The largest absolute Gasteiger partial charge is 0.456 e. The minimum absolute atomic E-state index is 0.116. The van der Waals surface area contributed by atoms with Crippen LogP contribution in [0.15, 0.2) is 233 Å². The topological polar surface area (TPSA) is 32.8 Å². The molecule has 0 spiro atoms. The number of hydrogen-bond acceptors (Lipinski definition) is 4. The molecule has 4 heteroatoms. The molecule has 12 rings (SSSR count). The van der Waals surface area contributed by atoms with Crippen LogP contribution in [0.3, 0.4) is 0 Å². The maximum Gasteiger partial charge on any atom is 0.135 e. The van der Waals surface area contributed by atoms with Gasteiger partial charge in [0.15, 0.2) is 0 Å². The highest BCUT2D eigenvalue weighted by Crippen LogP contribution is 2.45. The second kappa shape index (κ2) is 15.8. The number of aryl methyl sites for hydroxylation is 1. The zero-order valence-corrected chi connectivity index (χ0v) is 36.2. The van der Waals surface area contributed by atoms with Gasteiger partial charge in [-0.1, -0.05) is 128 Å². The second-order valence-electron chi connectivity index (χ2n) is 17.0. The van der Waals surface area contributed by atoms with Gasteiger partial charge in [-0.2, -0.15) is 0 Å². The molecular weight excluding hydrogens is 793 g/mol. The molecule has 0 radical (unpaired) electrons. The van der Waals surface area contributed by atoms with Gasteiger partial charge in [0.2, 0.25) is 0 Å². The van der Waals surface area contributed by atoms with Gasteiger partial charge in [-0.3, -0.25) is 0 Å². The van der Waals surface area contributed by atoms with Crippen LogP contribution in [0.25, 0.3) is 65.8 Å². The van der Waals surface area contributed by atoms with Crippen LogP contribution in [-0.2, 0) is 0 Å². The summed E-state index contributed by atoms with van der Waals surface area (Å²) in [5.41, 5.74) is 16.3. The van der Waals surface area contributed by atoms with Crippen LogP contribution in [0.5, 0.6) is 0 Å². The summed E-state index contributed by atoms with van der Waals surface area (Å²) in [5, 5.41) is 6.81. The molecule has 0 saturated carbocycles. The van der Waals surface area contributed by atoms with Crippen molar-refractivity contribution >= 4 is 88.8 Å². The maximum atomic E-state index is 6.26. The molecular formula is C61H44N2O2. The Labute approximate surface area is 377 Å². The molecule has 2 aromatic heterocycles. The summed E-state index contributed by atoms with van der Waals surface area (Å²) in [6.45, 7) is 4.58. The summed E-state index contributed by atoms with van der Waals surface area (Å²) >= 11 is 0. The monoisotopic (exact) mass is 836 g/mol. The Morgan fingerprint density at radius 3 is 1.38 bits per heavy atom. The van der Waals surface area contributed by atoms with Gasteiger partial charge in [-0.15, -0.1) is 0 Å². The second-order valence-corrected chi connectivity index (χ2v) is 17.0. The van der Waals surface area contributed by atoms with Crippen LogP contribution in [0.1, 0.15) is 29.5 Å². The van der Waals surface area contributed by atoms with Gasteiger partial charge in [0, 0.05) is 61.6 Å². The Morgan fingerprint density at radius 1 is 0.338 bits per heavy atom. The molecule has 1 unspecified atom stereocenters. The average Bonchev–Trinajstić information content (AvgIpc) is 3.93. The smallest absolute Gasteiger partial charge is 0.135 e. The molecule has 0 fully saturated rings. The first-order valence-electron chi connectivity index (χ1n) is 22.3. The first-order valence-corrected chi connectivity index (χ1v) is 22.3. The van der Waals surface area contributed by atoms with Crippen molar-refractivity contribution in [2.75, 3.05) is 9.80 Å². The van der Waals surface area contributed by atoms with E-state index in [9.17, 15) is 0 Å². The SMILES string of the molecule is Cc1cc2cc(N(c3ccccc3)c3ccc4oc5ccccc5c4c3)ccc2cc1-c1ccc(N(c2ccccc2)c2ccc3oc4ccccc4c3c2)cc1C(C)c1ccccc1. The molecule has 10 aromatic carbocycles. The van der Waals surface area contributed by atoms with E-state index in [1.54, 1.807) is 0 Å². The van der Waals surface area contributed by atoms with Gasteiger partial charge in [0.25, 0.3) is 0 Å². The normalized spacial score (nSPS) is 12.1. The predicted octanol–water partition coefficient (Wildman–Crippen LogP) is 17.7. The lowest BCUT2D eigenvalue weighted by atomic mass is 9.84. The van der Waals surface area contributed by atoms with E-state index in [4.69, 9.17) is 8.83 Å². The fourth-order valence-electron chi connectivity index (χ4n) is 9.80. The Hall–Kier alpha value is -8.34. The van der Waals surface area contributed by atoms with Gasteiger partial charge in [0.1, 0.15) is 22.3 Å². The average molecular weight is 837 g/mol. The van der Waals surface area contributed by atoms with Gasteiger partial charge in [0.05, 0.1) is 0 Å². The van der Waals surface area contributed by atoms with Crippen LogP contribution < -0.4 is 9.80 Å². The predicted molar refractivity (Wildman–Crippen MR) is 272 cm³/mol. The number of nitrogens with zero attached hydrogens (tertiary/aromatic N) is 2. The highest BCUT2D eigenvalue weighted by molar-refractivity contribution is 6.08. The van der Waals surface area contributed by atoms with Crippen molar-refractivity contribution in [1.29, 1.82) is 0 Å². The zero-order chi connectivity index (χ0) is 43.4. The number of fused-ring (bicyclic) bond motifs is 7. The van der Waals surface area contributed by atoms with Gasteiger partial charge >= 0.3 is 0 Å². The lowest BCUT2D eigenvalue weighted by Crippen LogP contribution is -2.11. The number of hydrogen-bond donors (Lipinski definition) is 0. The lowest BCUT2D eigenvalue weighted by Gasteiger charge is -2.28. The molecule has 0 aliphatic rings. The van der Waals surface area contributed by atoms with Gasteiger partial charge in [-0.05, 0) is 149 Å². The van der Waals surface area contributed by atoms with E-state index in [-0.39, 0.29) is 5.92 Å². The molecule has 12 aromatic rings. The molecule has 0 amide bonds. The molecule has 0 aliphatic heterocycles. The van der Waals surface area contributed by atoms with Crippen LogP contribution in [0.2, 0.25) is 0 Å². The summed E-state index contributed by atoms with van der Waals surface area (Å²) in [6, 6.07) is 80.4. The third-order valence-corrected chi connectivity index (χ3v) is 13.0. The first-order chi connectivity index (χ1) is 32.0. The van der Waals surface area contributed by atoms with Crippen molar-refractivity contribution in [2.45, 2.75) is 19.8 Å². The summed E-state index contributed by atoms with van der Waals surface area (Å²) in [7, 11) is 0. The van der Waals surface area contributed by atoms with Gasteiger partial charge < -0.3 is 18.6 Å². The van der Waals surface area contributed by atoms with E-state index >= 15 is 0 Å². The fourth-order valence-corrected chi connectivity index (χ4v) is 9.80. The van der Waals surface area contributed by atoms with E-state index < -0.39 is 0 Å². The number of furan rings is 2. The molecule has 0 saturated heterocycles. The Kier molecular flexibility index (Phi) is 9.31. The maximum absolute atomic E-state index is 6.26. The van der Waals surface area contributed by atoms with Crippen LogP contribution in [0, 0.1) is 6.92 Å². The highest BCUT2D eigenvalue weighted by Gasteiger charge is 2.22. The molecule has 1 atom stereocenters. The van der Waals surface area contributed by atoms with Crippen molar-refractivity contribution < 1.29 is 8.83 Å². The number of benzene rings is 10. The molecule has 0 aliphatic carbocycles. The van der Waals surface area contributed by atoms with Gasteiger partial charge in [-0.25, -0.2) is 0 Å².